The molecule has 2 rings (SSSR count). The van der Waals surface area contributed by atoms with E-state index in [0.717, 1.165) is 37.6 Å². The van der Waals surface area contributed by atoms with E-state index in [0.29, 0.717) is 5.92 Å². The second kappa shape index (κ2) is 5.93. The van der Waals surface area contributed by atoms with E-state index in [9.17, 15) is 0 Å². The Bertz CT molecular complexity index is 341. The van der Waals surface area contributed by atoms with Crippen LogP contribution in [-0.2, 0) is 0 Å². The molecular formula is C12H20N4O. The highest BCUT2D eigenvalue weighted by atomic mass is 16.3. The first kappa shape index (κ1) is 12.3. The number of aliphatic hydroxyl groups is 1. The molecule has 0 saturated carbocycles. The summed E-state index contributed by atoms with van der Waals surface area (Å²) < 4.78 is 0. The number of aromatic nitrogens is 2. The number of rotatable bonds is 5. The monoisotopic (exact) mass is 236 g/mol. The van der Waals surface area contributed by atoms with Gasteiger partial charge >= 0.3 is 0 Å². The van der Waals surface area contributed by atoms with Crippen LogP contribution in [0, 0.1) is 0 Å². The van der Waals surface area contributed by atoms with Crippen LogP contribution in [0.1, 0.15) is 24.5 Å². The molecule has 1 aromatic rings. The summed E-state index contributed by atoms with van der Waals surface area (Å²) in [6, 6.07) is 4.02. The molecule has 1 atom stereocenters. The summed E-state index contributed by atoms with van der Waals surface area (Å²) in [5, 5.41) is 20.2. The summed E-state index contributed by atoms with van der Waals surface area (Å²) in [6.07, 6.45) is 1.90. The minimum Gasteiger partial charge on any atom is -0.396 e. The van der Waals surface area contributed by atoms with Gasteiger partial charge in [0.1, 0.15) is 5.82 Å². The third kappa shape index (κ3) is 3.38. The van der Waals surface area contributed by atoms with Crippen LogP contribution in [0.3, 0.4) is 0 Å². The van der Waals surface area contributed by atoms with Crippen LogP contribution in [0.25, 0.3) is 0 Å². The molecule has 2 N–H and O–H groups in total. The quantitative estimate of drug-likeness (QED) is 0.737. The molecule has 0 radical (unpaired) electrons. The Kier molecular flexibility index (Phi) is 4.28. The molecular weight excluding hydrogens is 216 g/mol. The van der Waals surface area contributed by atoms with Crippen molar-refractivity contribution in [2.75, 3.05) is 38.6 Å². The van der Waals surface area contributed by atoms with E-state index in [1.807, 2.05) is 6.07 Å². The third-order valence-corrected chi connectivity index (χ3v) is 3.14. The van der Waals surface area contributed by atoms with Crippen LogP contribution >= 0.6 is 0 Å². The highest BCUT2D eigenvalue weighted by Gasteiger charge is 2.22. The van der Waals surface area contributed by atoms with E-state index >= 15 is 0 Å². The van der Waals surface area contributed by atoms with Gasteiger partial charge in [0.05, 0.1) is 5.69 Å². The van der Waals surface area contributed by atoms with Crippen molar-refractivity contribution >= 4 is 5.82 Å². The molecule has 0 amide bonds. The lowest BCUT2D eigenvalue weighted by Crippen LogP contribution is -2.14. The molecule has 17 heavy (non-hydrogen) atoms. The normalized spacial score (nSPS) is 20.7. The van der Waals surface area contributed by atoms with Gasteiger partial charge in [-0.05, 0) is 38.6 Å². The fourth-order valence-electron chi connectivity index (χ4n) is 2.13. The minimum atomic E-state index is 0.201. The van der Waals surface area contributed by atoms with Crippen LogP contribution in [0.5, 0.6) is 0 Å². The molecule has 2 heterocycles. The number of aliphatic hydroxyl groups excluding tert-OH is 1. The third-order valence-electron chi connectivity index (χ3n) is 3.14. The largest absolute Gasteiger partial charge is 0.396 e. The predicted octanol–water partition coefficient (Wildman–Crippen LogP) is 0.690. The van der Waals surface area contributed by atoms with Gasteiger partial charge in [0.2, 0.25) is 0 Å². The maximum Gasteiger partial charge on any atom is 0.148 e. The minimum absolute atomic E-state index is 0.201. The van der Waals surface area contributed by atoms with Crippen molar-refractivity contribution in [3.05, 3.63) is 17.8 Å². The molecule has 1 aromatic heterocycles. The van der Waals surface area contributed by atoms with Gasteiger partial charge in [-0.3, -0.25) is 0 Å². The number of anilines is 1. The number of nitrogens with one attached hydrogen (secondary N) is 1. The second-order valence-corrected chi connectivity index (χ2v) is 4.60. The molecule has 1 aliphatic rings. The van der Waals surface area contributed by atoms with Crippen LogP contribution in [0.2, 0.25) is 0 Å². The van der Waals surface area contributed by atoms with Gasteiger partial charge in [0.25, 0.3) is 0 Å². The summed E-state index contributed by atoms with van der Waals surface area (Å²) in [5.74, 6) is 1.31. The van der Waals surface area contributed by atoms with Crippen molar-refractivity contribution in [1.29, 1.82) is 0 Å². The number of nitrogens with zero attached hydrogens (tertiary/aromatic N) is 3. The summed E-state index contributed by atoms with van der Waals surface area (Å²) in [7, 11) is 2.14. The van der Waals surface area contributed by atoms with E-state index in [-0.39, 0.29) is 6.61 Å². The van der Waals surface area contributed by atoms with Gasteiger partial charge in [-0.25, -0.2) is 0 Å². The zero-order chi connectivity index (χ0) is 12.1. The lowest BCUT2D eigenvalue weighted by Gasteiger charge is -2.10. The van der Waals surface area contributed by atoms with E-state index in [1.54, 1.807) is 0 Å². The number of likely N-dealkylation sites (N-methyl/N-ethyl adjacent to an activating group) is 1. The first-order valence-electron chi connectivity index (χ1n) is 6.16. The molecule has 1 saturated heterocycles. The first-order valence-corrected chi connectivity index (χ1v) is 6.16. The van der Waals surface area contributed by atoms with Gasteiger partial charge in [-0.15, -0.1) is 5.10 Å². The van der Waals surface area contributed by atoms with Crippen LogP contribution in [0.15, 0.2) is 12.1 Å². The highest BCUT2D eigenvalue weighted by Crippen LogP contribution is 2.24. The van der Waals surface area contributed by atoms with Crippen molar-refractivity contribution < 1.29 is 5.11 Å². The summed E-state index contributed by atoms with van der Waals surface area (Å²) >= 11 is 0. The molecule has 1 aliphatic heterocycles. The summed E-state index contributed by atoms with van der Waals surface area (Å²) in [4.78, 5) is 2.32. The number of likely N-dealkylation sites (tertiary alicyclic amines) is 1. The molecule has 5 nitrogen and oxygen atoms in total. The van der Waals surface area contributed by atoms with Crippen LogP contribution in [-0.4, -0.2) is 53.5 Å². The molecule has 1 unspecified atom stereocenters. The predicted molar refractivity (Wildman–Crippen MR) is 67.1 cm³/mol. The molecule has 0 aromatic carbocycles. The summed E-state index contributed by atoms with van der Waals surface area (Å²) in [6.45, 7) is 3.15. The smallest absolute Gasteiger partial charge is 0.148 e. The molecule has 0 bridgehead atoms. The lowest BCUT2D eigenvalue weighted by molar-refractivity contribution is 0.292. The first-order chi connectivity index (χ1) is 8.29. The van der Waals surface area contributed by atoms with Gasteiger partial charge in [0, 0.05) is 25.6 Å². The average Bonchev–Trinajstić information content (AvgIpc) is 2.77. The van der Waals surface area contributed by atoms with E-state index in [1.165, 1.54) is 6.42 Å². The van der Waals surface area contributed by atoms with Crippen LogP contribution in [0.4, 0.5) is 5.82 Å². The maximum absolute atomic E-state index is 8.68. The molecule has 1 fully saturated rings. The number of hydrogen-bond donors (Lipinski definition) is 2. The van der Waals surface area contributed by atoms with Crippen molar-refractivity contribution in [2.45, 2.75) is 18.8 Å². The Balaban J connectivity index is 1.89. The Hall–Kier alpha value is -1.20. The van der Waals surface area contributed by atoms with Crippen molar-refractivity contribution in [2.24, 2.45) is 0 Å². The topological polar surface area (TPSA) is 61.3 Å². The van der Waals surface area contributed by atoms with Crippen molar-refractivity contribution in [1.82, 2.24) is 15.1 Å². The fraction of sp³-hybridized carbons (Fsp3) is 0.667. The standard InChI is InChI=1S/C12H20N4O/c1-16-7-5-10(9-16)11-3-4-12(15-14-11)13-6-2-8-17/h3-4,10,17H,2,5-9H2,1H3,(H,13,15). The average molecular weight is 236 g/mol. The Morgan fingerprint density at radius 2 is 2.35 bits per heavy atom. The van der Waals surface area contributed by atoms with E-state index in [4.69, 9.17) is 5.11 Å². The molecule has 0 spiro atoms. The van der Waals surface area contributed by atoms with Gasteiger partial charge in [-0.1, -0.05) is 0 Å². The van der Waals surface area contributed by atoms with Gasteiger partial charge in [-0.2, -0.15) is 5.10 Å². The van der Waals surface area contributed by atoms with E-state index in [2.05, 4.69) is 33.5 Å². The zero-order valence-electron chi connectivity index (χ0n) is 10.3. The van der Waals surface area contributed by atoms with Gasteiger partial charge in [0.15, 0.2) is 0 Å². The molecule has 5 heteroatoms. The zero-order valence-corrected chi connectivity index (χ0v) is 10.3. The highest BCUT2D eigenvalue weighted by molar-refractivity contribution is 5.33. The Labute approximate surface area is 102 Å². The molecule has 94 valence electrons. The van der Waals surface area contributed by atoms with Gasteiger partial charge < -0.3 is 15.3 Å². The van der Waals surface area contributed by atoms with E-state index < -0.39 is 0 Å². The fourth-order valence-corrected chi connectivity index (χ4v) is 2.13. The van der Waals surface area contributed by atoms with Crippen molar-refractivity contribution in [3.63, 3.8) is 0 Å². The SMILES string of the molecule is CN1CCC(c2ccc(NCCCO)nn2)C1. The molecule has 0 aliphatic carbocycles. The maximum atomic E-state index is 8.68. The second-order valence-electron chi connectivity index (χ2n) is 4.60. The van der Waals surface area contributed by atoms with Crippen LogP contribution < -0.4 is 5.32 Å². The van der Waals surface area contributed by atoms with Crippen molar-refractivity contribution in [3.8, 4) is 0 Å². The Morgan fingerprint density at radius 1 is 1.47 bits per heavy atom. The number of hydrogen-bond acceptors (Lipinski definition) is 5. The lowest BCUT2D eigenvalue weighted by atomic mass is 10.1. The summed E-state index contributed by atoms with van der Waals surface area (Å²) in [5.41, 5.74) is 1.09. The Morgan fingerprint density at radius 3 is 2.94 bits per heavy atom.